The van der Waals surface area contributed by atoms with Crippen LogP contribution < -0.4 is 5.32 Å². The van der Waals surface area contributed by atoms with Gasteiger partial charge in [0.15, 0.2) is 0 Å². The topological polar surface area (TPSA) is 83.6 Å². The molecule has 0 aliphatic carbocycles. The second-order valence-corrected chi connectivity index (χ2v) is 8.26. The minimum Gasteiger partial charge on any atom is -0.342 e. The van der Waals surface area contributed by atoms with Gasteiger partial charge < -0.3 is 4.57 Å². The van der Waals surface area contributed by atoms with Crippen LogP contribution in [0, 0.1) is 17.1 Å². The highest BCUT2D eigenvalue weighted by molar-refractivity contribution is 7.15. The molecule has 0 bridgehead atoms. The van der Waals surface area contributed by atoms with Gasteiger partial charge in [-0.3, -0.25) is 10.1 Å². The van der Waals surface area contributed by atoms with Gasteiger partial charge in [-0.25, -0.2) is 4.39 Å². The molecule has 1 N–H and O–H groups in total. The Kier molecular flexibility index (Phi) is 6.38. The molecule has 2 heterocycles. The van der Waals surface area contributed by atoms with Crippen molar-refractivity contribution in [3.63, 3.8) is 0 Å². The summed E-state index contributed by atoms with van der Waals surface area (Å²) >= 11 is 1.30. The number of hydrogen-bond acceptors (Lipinski definition) is 5. The van der Waals surface area contributed by atoms with E-state index in [1.54, 1.807) is 24.3 Å². The molecule has 8 heteroatoms. The highest BCUT2D eigenvalue weighted by Gasteiger charge is 2.15. The average Bonchev–Trinajstić information content (AvgIpc) is 3.38. The molecule has 4 aromatic rings. The Morgan fingerprint density at radius 1 is 1.22 bits per heavy atom. The zero-order valence-electron chi connectivity index (χ0n) is 17.4. The predicted octanol–water partition coefficient (Wildman–Crippen LogP) is 5.18. The molecule has 32 heavy (non-hydrogen) atoms. The maximum Gasteiger partial charge on any atom is 0.268 e. The van der Waals surface area contributed by atoms with Gasteiger partial charge in [-0.1, -0.05) is 54.7 Å². The van der Waals surface area contributed by atoms with E-state index in [0.717, 1.165) is 28.8 Å². The Hall–Kier alpha value is -3.83. The molecular formula is C24H20FN5OS. The summed E-state index contributed by atoms with van der Waals surface area (Å²) in [6.07, 6.45) is 5.09. The van der Waals surface area contributed by atoms with E-state index in [-0.39, 0.29) is 11.4 Å². The van der Waals surface area contributed by atoms with Crippen molar-refractivity contribution in [2.24, 2.45) is 0 Å². The lowest BCUT2D eigenvalue weighted by Gasteiger charge is -2.06. The highest BCUT2D eigenvalue weighted by atomic mass is 32.1. The lowest BCUT2D eigenvalue weighted by Crippen LogP contribution is -2.13. The van der Waals surface area contributed by atoms with Crippen LogP contribution in [0.5, 0.6) is 0 Å². The van der Waals surface area contributed by atoms with Crippen LogP contribution >= 0.6 is 11.3 Å². The van der Waals surface area contributed by atoms with Crippen LogP contribution in [0.3, 0.4) is 0 Å². The van der Waals surface area contributed by atoms with Gasteiger partial charge in [0, 0.05) is 34.6 Å². The van der Waals surface area contributed by atoms with Crippen molar-refractivity contribution in [3.8, 4) is 6.07 Å². The highest BCUT2D eigenvalue weighted by Crippen LogP contribution is 2.25. The van der Waals surface area contributed by atoms with E-state index in [4.69, 9.17) is 0 Å². The zero-order chi connectivity index (χ0) is 22.5. The molecule has 0 spiro atoms. The fourth-order valence-corrected chi connectivity index (χ4v) is 4.26. The van der Waals surface area contributed by atoms with E-state index in [2.05, 4.69) is 15.5 Å². The number of nitrogens with zero attached hydrogens (tertiary/aromatic N) is 4. The summed E-state index contributed by atoms with van der Waals surface area (Å²) in [7, 11) is 0. The molecule has 0 atom stereocenters. The smallest absolute Gasteiger partial charge is 0.268 e. The van der Waals surface area contributed by atoms with Crippen molar-refractivity contribution in [1.29, 1.82) is 5.26 Å². The Morgan fingerprint density at radius 2 is 2.00 bits per heavy atom. The number of nitriles is 1. The van der Waals surface area contributed by atoms with Crippen molar-refractivity contribution in [2.75, 3.05) is 5.32 Å². The molecule has 0 aliphatic rings. The summed E-state index contributed by atoms with van der Waals surface area (Å²) < 4.78 is 16.1. The molecule has 0 aliphatic heterocycles. The molecule has 0 saturated carbocycles. The number of anilines is 1. The van der Waals surface area contributed by atoms with Crippen molar-refractivity contribution >= 4 is 39.4 Å². The summed E-state index contributed by atoms with van der Waals surface area (Å²) in [6.45, 7) is 2.37. The fraction of sp³-hybridized carbons (Fsp3) is 0.167. The summed E-state index contributed by atoms with van der Waals surface area (Å²) in [5, 5.41) is 22.3. The number of nitrogens with one attached hydrogen (secondary N) is 1. The Balaban J connectivity index is 1.65. The normalized spacial score (nSPS) is 11.5. The number of halogens is 1. The number of rotatable bonds is 7. The number of fused-ring (bicyclic) bond motifs is 1. The molecular weight excluding hydrogens is 425 g/mol. The standard InChI is InChI=1S/C24H20FN5OS/c1-2-7-22-28-29-24(32-22)27-23(31)17(13-26)12-18-15-30(21-11-6-4-9-19(18)21)14-16-8-3-5-10-20(16)25/h3-6,8-12,15H,2,7,14H2,1H3,(H,27,29,31)/b17-12-. The van der Waals surface area contributed by atoms with Crippen LogP contribution in [0.15, 0.2) is 60.3 Å². The Morgan fingerprint density at radius 3 is 2.78 bits per heavy atom. The fourth-order valence-electron chi connectivity index (χ4n) is 3.42. The van der Waals surface area contributed by atoms with E-state index in [1.807, 2.05) is 48.0 Å². The first kappa shape index (κ1) is 21.4. The molecule has 2 aromatic carbocycles. The van der Waals surface area contributed by atoms with Gasteiger partial charge in [-0.2, -0.15) is 5.26 Å². The van der Waals surface area contributed by atoms with Crippen molar-refractivity contribution in [1.82, 2.24) is 14.8 Å². The van der Waals surface area contributed by atoms with Crippen LogP contribution in [-0.4, -0.2) is 20.7 Å². The number of carbonyl (C=O) groups excluding carboxylic acids is 1. The number of amides is 1. The molecule has 0 fully saturated rings. The maximum absolute atomic E-state index is 14.2. The number of hydrogen-bond donors (Lipinski definition) is 1. The molecule has 160 valence electrons. The third-order valence-corrected chi connectivity index (χ3v) is 5.83. The summed E-state index contributed by atoms with van der Waals surface area (Å²) in [5.74, 6) is -0.823. The first-order chi connectivity index (χ1) is 15.6. The monoisotopic (exact) mass is 445 g/mol. The van der Waals surface area contributed by atoms with E-state index in [9.17, 15) is 14.4 Å². The van der Waals surface area contributed by atoms with Crippen LogP contribution in [0.4, 0.5) is 9.52 Å². The van der Waals surface area contributed by atoms with Crippen molar-refractivity contribution in [2.45, 2.75) is 26.3 Å². The first-order valence-corrected chi connectivity index (χ1v) is 11.0. The van der Waals surface area contributed by atoms with Crippen LogP contribution in [-0.2, 0) is 17.8 Å². The van der Waals surface area contributed by atoms with Gasteiger partial charge in [0.05, 0.1) is 6.54 Å². The molecule has 0 saturated heterocycles. The quantitative estimate of drug-likeness (QED) is 0.314. The van der Waals surface area contributed by atoms with Crippen LogP contribution in [0.25, 0.3) is 17.0 Å². The minimum atomic E-state index is -0.544. The first-order valence-electron chi connectivity index (χ1n) is 10.2. The van der Waals surface area contributed by atoms with Gasteiger partial charge >= 0.3 is 0 Å². The molecule has 0 unspecified atom stereocenters. The summed E-state index contributed by atoms with van der Waals surface area (Å²) in [6, 6.07) is 16.2. The second-order valence-electron chi connectivity index (χ2n) is 7.20. The van der Waals surface area contributed by atoms with Crippen LogP contribution in [0.2, 0.25) is 0 Å². The van der Waals surface area contributed by atoms with Crippen molar-refractivity contribution in [3.05, 3.63) is 82.3 Å². The van der Waals surface area contributed by atoms with E-state index < -0.39 is 5.91 Å². The minimum absolute atomic E-state index is 0.0500. The third-order valence-electron chi connectivity index (χ3n) is 4.93. The van der Waals surface area contributed by atoms with Gasteiger partial charge in [0.2, 0.25) is 5.13 Å². The zero-order valence-corrected chi connectivity index (χ0v) is 18.2. The second kappa shape index (κ2) is 9.54. The Labute approximate surface area is 188 Å². The van der Waals surface area contributed by atoms with E-state index >= 15 is 0 Å². The average molecular weight is 446 g/mol. The molecule has 6 nitrogen and oxygen atoms in total. The summed E-state index contributed by atoms with van der Waals surface area (Å²) in [5.41, 5.74) is 2.09. The van der Waals surface area contributed by atoms with Gasteiger partial charge in [0.25, 0.3) is 5.91 Å². The SMILES string of the molecule is CCCc1nnc(NC(=O)/C(C#N)=C\c2cn(Cc3ccccc3F)c3ccccc23)s1. The Bertz CT molecular complexity index is 1350. The maximum atomic E-state index is 14.2. The predicted molar refractivity (Wildman–Crippen MR) is 124 cm³/mol. The number of carbonyl (C=O) groups is 1. The van der Waals surface area contributed by atoms with Crippen LogP contribution in [0.1, 0.15) is 29.5 Å². The molecule has 2 aromatic heterocycles. The number of para-hydroxylation sites is 1. The molecule has 0 radical (unpaired) electrons. The number of benzene rings is 2. The number of aryl methyl sites for hydroxylation is 1. The molecule has 1 amide bonds. The largest absolute Gasteiger partial charge is 0.342 e. The molecule has 4 rings (SSSR count). The van der Waals surface area contributed by atoms with Gasteiger partial charge in [0.1, 0.15) is 22.5 Å². The number of aromatic nitrogens is 3. The summed E-state index contributed by atoms with van der Waals surface area (Å²) in [4.78, 5) is 12.7. The van der Waals surface area contributed by atoms with E-state index in [1.165, 1.54) is 17.4 Å². The van der Waals surface area contributed by atoms with E-state index in [0.29, 0.717) is 22.8 Å². The lowest BCUT2D eigenvalue weighted by molar-refractivity contribution is -0.112. The lowest BCUT2D eigenvalue weighted by atomic mass is 10.1. The van der Waals surface area contributed by atoms with Gasteiger partial charge in [-0.15, -0.1) is 10.2 Å². The van der Waals surface area contributed by atoms with Gasteiger partial charge in [-0.05, 0) is 24.6 Å². The third kappa shape index (κ3) is 4.58. The van der Waals surface area contributed by atoms with Crippen molar-refractivity contribution < 1.29 is 9.18 Å².